The monoisotopic (exact) mass is 386 g/mol. The summed E-state index contributed by atoms with van der Waals surface area (Å²) in [7, 11) is 0. The molecule has 3 heterocycles. The van der Waals surface area contributed by atoms with Gasteiger partial charge in [0, 0.05) is 30.9 Å². The Kier molecular flexibility index (Phi) is 4.91. The molecule has 28 heavy (non-hydrogen) atoms. The second-order valence-corrected chi connectivity index (χ2v) is 6.85. The zero-order chi connectivity index (χ0) is 19.7. The topological polar surface area (TPSA) is 99.9 Å². The molecule has 0 unspecified atom stereocenters. The molecule has 1 fully saturated rings. The molecule has 1 aromatic carbocycles. The van der Waals surface area contributed by atoms with E-state index in [1.165, 1.54) is 6.07 Å². The number of H-pyrrole nitrogens is 1. The fraction of sp³-hybridized carbons (Fsp3) is 0.316. The number of fused-ring (bicyclic) bond motifs is 1. The van der Waals surface area contributed by atoms with Gasteiger partial charge in [0.2, 0.25) is 0 Å². The quantitative estimate of drug-likeness (QED) is 0.638. The molecular formula is C19H20F2N6O. The summed E-state index contributed by atoms with van der Waals surface area (Å²) in [6, 6.07) is 6.02. The number of benzene rings is 1. The largest absolute Gasteiger partial charge is 0.356 e. The normalized spacial score (nSPS) is 15.2. The van der Waals surface area contributed by atoms with Gasteiger partial charge in [0.05, 0.1) is 12.1 Å². The highest BCUT2D eigenvalue weighted by atomic mass is 19.2. The number of aromatic nitrogens is 3. The number of piperidine rings is 1. The van der Waals surface area contributed by atoms with Crippen LogP contribution in [0.3, 0.4) is 0 Å². The fourth-order valence-electron chi connectivity index (χ4n) is 3.28. The number of hydrogen-bond donors (Lipinski definition) is 3. The number of pyridine rings is 1. The van der Waals surface area contributed by atoms with Gasteiger partial charge in [0.15, 0.2) is 11.6 Å². The first-order valence-corrected chi connectivity index (χ1v) is 9.08. The average Bonchev–Trinajstić information content (AvgIpc) is 3.14. The lowest BCUT2D eigenvalue weighted by Crippen LogP contribution is -2.40. The molecule has 2 aromatic heterocycles. The summed E-state index contributed by atoms with van der Waals surface area (Å²) in [6.07, 6.45) is 3.38. The number of carbonyl (C=O) groups is 1. The average molecular weight is 386 g/mol. The van der Waals surface area contributed by atoms with Crippen molar-refractivity contribution in [3.05, 3.63) is 53.5 Å². The Hall–Kier alpha value is -3.07. The Bertz CT molecular complexity index is 1010. The van der Waals surface area contributed by atoms with Gasteiger partial charge >= 0.3 is 0 Å². The summed E-state index contributed by atoms with van der Waals surface area (Å²) < 4.78 is 27.0. The molecule has 0 aliphatic carbocycles. The second kappa shape index (κ2) is 7.51. The Labute approximate surface area is 160 Å². The molecule has 0 bridgehead atoms. The third-order valence-corrected chi connectivity index (χ3v) is 4.88. The number of nitrogens with zero attached hydrogens (tertiary/aromatic N) is 3. The Morgan fingerprint density at radius 1 is 1.29 bits per heavy atom. The third-order valence-electron chi connectivity index (χ3n) is 4.88. The van der Waals surface area contributed by atoms with Gasteiger partial charge in [-0.15, -0.1) is 0 Å². The maximum absolute atomic E-state index is 13.8. The maximum Gasteiger partial charge on any atom is 0.251 e. The van der Waals surface area contributed by atoms with E-state index in [1.54, 1.807) is 18.3 Å². The van der Waals surface area contributed by atoms with E-state index >= 15 is 0 Å². The van der Waals surface area contributed by atoms with Crippen LogP contribution < -0.4 is 16.0 Å². The molecule has 0 radical (unpaired) electrons. The highest BCUT2D eigenvalue weighted by molar-refractivity contribution is 5.94. The molecule has 3 aromatic rings. The Morgan fingerprint density at radius 3 is 2.86 bits per heavy atom. The number of imidazole rings is 1. The molecular weight excluding hydrogens is 366 g/mol. The molecule has 1 aliphatic rings. The van der Waals surface area contributed by atoms with Crippen LogP contribution in [0.1, 0.15) is 29.0 Å². The van der Waals surface area contributed by atoms with Gasteiger partial charge in [0.25, 0.3) is 5.91 Å². The van der Waals surface area contributed by atoms with E-state index in [2.05, 4.69) is 25.2 Å². The SMILES string of the molecule is NC1CCN(c2cc(C(=O)NCc3nc4c(F)c(F)ccc4[nH]3)ccn2)CC1. The van der Waals surface area contributed by atoms with E-state index in [0.717, 1.165) is 37.8 Å². The minimum absolute atomic E-state index is 0.0603. The highest BCUT2D eigenvalue weighted by Crippen LogP contribution is 2.19. The maximum atomic E-state index is 13.8. The van der Waals surface area contributed by atoms with Crippen molar-refractivity contribution in [1.82, 2.24) is 20.3 Å². The van der Waals surface area contributed by atoms with Gasteiger partial charge in [-0.2, -0.15) is 0 Å². The van der Waals surface area contributed by atoms with Crippen LogP contribution in [0.2, 0.25) is 0 Å². The predicted molar refractivity (Wildman–Crippen MR) is 101 cm³/mol. The third kappa shape index (κ3) is 3.65. The summed E-state index contributed by atoms with van der Waals surface area (Å²) >= 11 is 0. The molecule has 4 rings (SSSR count). The van der Waals surface area contributed by atoms with Crippen molar-refractivity contribution in [2.24, 2.45) is 5.73 Å². The lowest BCUT2D eigenvalue weighted by Gasteiger charge is -2.31. The summed E-state index contributed by atoms with van der Waals surface area (Å²) in [6.45, 7) is 1.67. The van der Waals surface area contributed by atoms with E-state index in [0.29, 0.717) is 16.9 Å². The number of anilines is 1. The van der Waals surface area contributed by atoms with Crippen LogP contribution in [0, 0.1) is 11.6 Å². The van der Waals surface area contributed by atoms with Gasteiger partial charge in [-0.1, -0.05) is 0 Å². The minimum atomic E-state index is -1.01. The van der Waals surface area contributed by atoms with Crippen LogP contribution in [-0.2, 0) is 6.54 Å². The van der Waals surface area contributed by atoms with Crippen molar-refractivity contribution >= 4 is 22.8 Å². The van der Waals surface area contributed by atoms with Crippen molar-refractivity contribution in [1.29, 1.82) is 0 Å². The molecule has 0 saturated carbocycles. The van der Waals surface area contributed by atoms with Gasteiger partial charge in [-0.05, 0) is 37.1 Å². The van der Waals surface area contributed by atoms with E-state index < -0.39 is 11.6 Å². The number of nitrogens with one attached hydrogen (secondary N) is 2. The van der Waals surface area contributed by atoms with E-state index in [-0.39, 0.29) is 24.0 Å². The molecule has 4 N–H and O–H groups in total. The first kappa shape index (κ1) is 18.3. The van der Waals surface area contributed by atoms with E-state index in [1.807, 2.05) is 0 Å². The fourth-order valence-corrected chi connectivity index (χ4v) is 3.28. The number of rotatable bonds is 4. The molecule has 146 valence electrons. The number of aromatic amines is 1. The Morgan fingerprint density at radius 2 is 2.07 bits per heavy atom. The van der Waals surface area contributed by atoms with Crippen LogP contribution in [0.15, 0.2) is 30.5 Å². The lowest BCUT2D eigenvalue weighted by molar-refractivity contribution is 0.0950. The smallest absolute Gasteiger partial charge is 0.251 e. The molecule has 7 nitrogen and oxygen atoms in total. The van der Waals surface area contributed by atoms with Crippen molar-refractivity contribution in [3.63, 3.8) is 0 Å². The highest BCUT2D eigenvalue weighted by Gasteiger charge is 2.18. The molecule has 1 aliphatic heterocycles. The second-order valence-electron chi connectivity index (χ2n) is 6.85. The van der Waals surface area contributed by atoms with Crippen molar-refractivity contribution in [2.75, 3.05) is 18.0 Å². The van der Waals surface area contributed by atoms with Gasteiger partial charge in [-0.25, -0.2) is 18.7 Å². The van der Waals surface area contributed by atoms with Crippen LogP contribution in [-0.4, -0.2) is 40.0 Å². The summed E-state index contributed by atoms with van der Waals surface area (Å²) in [4.78, 5) is 25.8. The van der Waals surface area contributed by atoms with Crippen molar-refractivity contribution in [2.45, 2.75) is 25.4 Å². The van der Waals surface area contributed by atoms with Gasteiger partial charge < -0.3 is 20.9 Å². The van der Waals surface area contributed by atoms with E-state index in [4.69, 9.17) is 5.73 Å². The molecule has 9 heteroatoms. The molecule has 1 saturated heterocycles. The number of halogens is 2. The van der Waals surface area contributed by atoms with Gasteiger partial charge in [0.1, 0.15) is 17.2 Å². The zero-order valence-electron chi connectivity index (χ0n) is 15.1. The predicted octanol–water partition coefficient (Wildman–Crippen LogP) is 2.09. The molecule has 0 spiro atoms. The standard InChI is InChI=1S/C19H20F2N6O/c20-13-1-2-14-18(17(13)21)26-15(25-14)10-24-19(28)11-3-6-23-16(9-11)27-7-4-12(22)5-8-27/h1-3,6,9,12H,4-5,7-8,10,22H2,(H,24,28)(H,25,26). The van der Waals surface area contributed by atoms with Crippen LogP contribution in [0.4, 0.5) is 14.6 Å². The Balaban J connectivity index is 1.44. The zero-order valence-corrected chi connectivity index (χ0v) is 15.1. The van der Waals surface area contributed by atoms with Crippen molar-refractivity contribution in [3.8, 4) is 0 Å². The van der Waals surface area contributed by atoms with Gasteiger partial charge in [-0.3, -0.25) is 4.79 Å². The summed E-state index contributed by atoms with van der Waals surface area (Å²) in [5.74, 6) is -1.19. The first-order chi connectivity index (χ1) is 13.5. The molecule has 0 atom stereocenters. The number of hydrogen-bond acceptors (Lipinski definition) is 5. The minimum Gasteiger partial charge on any atom is -0.356 e. The number of amides is 1. The molecule has 1 amide bonds. The van der Waals surface area contributed by atoms with Crippen LogP contribution in [0.25, 0.3) is 11.0 Å². The summed E-state index contributed by atoms with van der Waals surface area (Å²) in [5, 5.41) is 2.73. The number of nitrogens with two attached hydrogens (primary N) is 1. The van der Waals surface area contributed by atoms with E-state index in [9.17, 15) is 13.6 Å². The van der Waals surface area contributed by atoms with Crippen molar-refractivity contribution < 1.29 is 13.6 Å². The van der Waals surface area contributed by atoms with Crippen LogP contribution >= 0.6 is 0 Å². The van der Waals surface area contributed by atoms with Crippen LogP contribution in [0.5, 0.6) is 0 Å². The number of carbonyl (C=O) groups excluding carboxylic acids is 1. The summed E-state index contributed by atoms with van der Waals surface area (Å²) in [5.41, 5.74) is 6.68. The lowest BCUT2D eigenvalue weighted by atomic mass is 10.1. The first-order valence-electron chi connectivity index (χ1n) is 9.08.